The van der Waals surface area contributed by atoms with Crippen molar-refractivity contribution in [1.82, 2.24) is 20.4 Å². The molecule has 1 atom stereocenters. The van der Waals surface area contributed by atoms with E-state index in [-0.39, 0.29) is 36.0 Å². The normalized spacial score (nSPS) is 19.3. The standard InChI is InChI=1S/C24H37N5O3/c1-6-18(2)25-20(30)16-28-17-29(19-10-8-7-9-11-19)24(21(28)31)12-14-27(15-13-24)22(32)26-23(3,4)5/h7-11,18H,6,12-17H2,1-5H3,(H,25,30)(H,26,32). The number of nitrogens with zero attached hydrogens (tertiary/aromatic N) is 3. The summed E-state index contributed by atoms with van der Waals surface area (Å²) in [6, 6.07) is 9.82. The van der Waals surface area contributed by atoms with Crippen LogP contribution in [-0.2, 0) is 9.59 Å². The molecule has 2 saturated heterocycles. The number of rotatable bonds is 5. The Hall–Kier alpha value is -2.77. The molecule has 2 aliphatic heterocycles. The zero-order valence-electron chi connectivity index (χ0n) is 20.0. The van der Waals surface area contributed by atoms with Gasteiger partial charge in [0.2, 0.25) is 5.91 Å². The SMILES string of the molecule is CCC(C)NC(=O)CN1CN(c2ccccc2)C2(CCN(C(=O)NC(C)(C)C)CC2)C1=O. The van der Waals surface area contributed by atoms with Gasteiger partial charge in [0.05, 0.1) is 6.67 Å². The zero-order valence-corrected chi connectivity index (χ0v) is 20.0. The Bertz CT molecular complexity index is 828. The smallest absolute Gasteiger partial charge is 0.317 e. The highest BCUT2D eigenvalue weighted by Crippen LogP contribution is 2.39. The molecule has 8 nitrogen and oxygen atoms in total. The summed E-state index contributed by atoms with van der Waals surface area (Å²) in [4.78, 5) is 44.4. The van der Waals surface area contributed by atoms with Gasteiger partial charge in [0.1, 0.15) is 12.1 Å². The Morgan fingerprint density at radius 2 is 1.75 bits per heavy atom. The second kappa shape index (κ2) is 9.38. The van der Waals surface area contributed by atoms with E-state index in [1.54, 1.807) is 9.80 Å². The van der Waals surface area contributed by atoms with Crippen molar-refractivity contribution in [1.29, 1.82) is 0 Å². The van der Waals surface area contributed by atoms with Crippen molar-refractivity contribution in [3.05, 3.63) is 30.3 Å². The maximum atomic E-state index is 13.6. The van der Waals surface area contributed by atoms with E-state index in [1.165, 1.54) is 0 Å². The van der Waals surface area contributed by atoms with Gasteiger partial charge in [-0.25, -0.2) is 4.79 Å². The summed E-state index contributed by atoms with van der Waals surface area (Å²) in [5.74, 6) is -0.170. The van der Waals surface area contributed by atoms with E-state index >= 15 is 0 Å². The van der Waals surface area contributed by atoms with Crippen LogP contribution >= 0.6 is 0 Å². The minimum Gasteiger partial charge on any atom is -0.352 e. The molecular formula is C24H37N5O3. The maximum Gasteiger partial charge on any atom is 0.317 e. The largest absolute Gasteiger partial charge is 0.352 e. The van der Waals surface area contributed by atoms with Crippen molar-refractivity contribution in [3.63, 3.8) is 0 Å². The van der Waals surface area contributed by atoms with Crippen molar-refractivity contribution in [2.45, 2.75) is 71.0 Å². The number of benzene rings is 1. The number of hydrogen-bond donors (Lipinski definition) is 2. The highest BCUT2D eigenvalue weighted by molar-refractivity contribution is 5.96. The Labute approximate surface area is 191 Å². The van der Waals surface area contributed by atoms with Crippen LogP contribution in [0.2, 0.25) is 0 Å². The summed E-state index contributed by atoms with van der Waals surface area (Å²) >= 11 is 0. The fourth-order valence-corrected chi connectivity index (χ4v) is 4.40. The first-order valence-corrected chi connectivity index (χ1v) is 11.5. The highest BCUT2D eigenvalue weighted by atomic mass is 16.2. The van der Waals surface area contributed by atoms with Crippen molar-refractivity contribution in [2.24, 2.45) is 0 Å². The predicted octanol–water partition coefficient (Wildman–Crippen LogP) is 2.55. The van der Waals surface area contributed by atoms with Crippen LogP contribution in [0.25, 0.3) is 0 Å². The topological polar surface area (TPSA) is 85.0 Å². The van der Waals surface area contributed by atoms with E-state index in [9.17, 15) is 14.4 Å². The molecule has 1 aromatic carbocycles. The minimum atomic E-state index is -0.740. The fourth-order valence-electron chi connectivity index (χ4n) is 4.40. The molecule has 1 aromatic rings. The Morgan fingerprint density at radius 1 is 1.12 bits per heavy atom. The lowest BCUT2D eigenvalue weighted by molar-refractivity contribution is -0.137. The summed E-state index contributed by atoms with van der Waals surface area (Å²) in [6.45, 7) is 11.2. The van der Waals surface area contributed by atoms with Gasteiger partial charge in [-0.05, 0) is 59.1 Å². The molecule has 2 aliphatic rings. The number of para-hydroxylation sites is 1. The number of anilines is 1. The quantitative estimate of drug-likeness (QED) is 0.733. The number of likely N-dealkylation sites (tertiary alicyclic amines) is 1. The highest BCUT2D eigenvalue weighted by Gasteiger charge is 2.54. The first-order chi connectivity index (χ1) is 15.1. The summed E-state index contributed by atoms with van der Waals surface area (Å²) in [5.41, 5.74) is -0.0971. The van der Waals surface area contributed by atoms with E-state index in [4.69, 9.17) is 0 Å². The van der Waals surface area contributed by atoms with Crippen LogP contribution in [-0.4, -0.2) is 71.1 Å². The first kappa shape index (κ1) is 23.9. The van der Waals surface area contributed by atoms with Crippen LogP contribution in [0.5, 0.6) is 0 Å². The zero-order chi connectivity index (χ0) is 23.5. The van der Waals surface area contributed by atoms with Crippen molar-refractivity contribution in [3.8, 4) is 0 Å². The molecule has 3 rings (SSSR count). The lowest BCUT2D eigenvalue weighted by Crippen LogP contribution is -2.59. The van der Waals surface area contributed by atoms with Crippen LogP contribution in [0.15, 0.2) is 30.3 Å². The molecule has 2 N–H and O–H groups in total. The van der Waals surface area contributed by atoms with Gasteiger partial charge in [0.15, 0.2) is 0 Å². The molecule has 176 valence electrons. The summed E-state index contributed by atoms with van der Waals surface area (Å²) in [6.07, 6.45) is 1.90. The molecule has 0 bridgehead atoms. The molecule has 8 heteroatoms. The van der Waals surface area contributed by atoms with Gasteiger partial charge in [-0.15, -0.1) is 0 Å². The fraction of sp³-hybridized carbons (Fsp3) is 0.625. The summed E-state index contributed by atoms with van der Waals surface area (Å²) in [7, 11) is 0. The predicted molar refractivity (Wildman–Crippen MR) is 125 cm³/mol. The van der Waals surface area contributed by atoms with Gasteiger partial charge in [-0.3, -0.25) is 9.59 Å². The number of amides is 4. The van der Waals surface area contributed by atoms with Crippen molar-refractivity contribution >= 4 is 23.5 Å². The van der Waals surface area contributed by atoms with E-state index < -0.39 is 5.54 Å². The maximum absolute atomic E-state index is 13.6. The lowest BCUT2D eigenvalue weighted by Gasteiger charge is -2.43. The molecule has 32 heavy (non-hydrogen) atoms. The minimum absolute atomic E-state index is 0.0310. The third-order valence-electron chi connectivity index (χ3n) is 6.30. The average Bonchev–Trinajstić information content (AvgIpc) is 2.99. The molecule has 0 radical (unpaired) electrons. The lowest BCUT2D eigenvalue weighted by atomic mass is 9.85. The van der Waals surface area contributed by atoms with Gasteiger partial charge >= 0.3 is 6.03 Å². The van der Waals surface area contributed by atoms with Gasteiger partial charge in [0, 0.05) is 30.4 Å². The number of carbonyl (C=O) groups excluding carboxylic acids is 3. The molecule has 4 amide bonds. The van der Waals surface area contributed by atoms with Gasteiger partial charge in [-0.1, -0.05) is 25.1 Å². The first-order valence-electron chi connectivity index (χ1n) is 11.5. The number of urea groups is 1. The number of piperidine rings is 1. The number of nitrogens with one attached hydrogen (secondary N) is 2. The molecule has 0 aromatic heterocycles. The summed E-state index contributed by atoms with van der Waals surface area (Å²) in [5, 5.41) is 5.96. The van der Waals surface area contributed by atoms with Crippen LogP contribution in [0, 0.1) is 0 Å². The van der Waals surface area contributed by atoms with Crippen LogP contribution in [0.1, 0.15) is 53.9 Å². The van der Waals surface area contributed by atoms with Gasteiger partial charge in [0.25, 0.3) is 5.91 Å². The molecule has 2 heterocycles. The van der Waals surface area contributed by atoms with E-state index in [0.29, 0.717) is 32.6 Å². The van der Waals surface area contributed by atoms with Crippen molar-refractivity contribution < 1.29 is 14.4 Å². The average molecular weight is 444 g/mol. The van der Waals surface area contributed by atoms with E-state index in [2.05, 4.69) is 15.5 Å². The van der Waals surface area contributed by atoms with Crippen LogP contribution < -0.4 is 15.5 Å². The van der Waals surface area contributed by atoms with E-state index in [0.717, 1.165) is 12.1 Å². The third kappa shape index (κ3) is 5.16. The second-order valence-corrected chi connectivity index (χ2v) is 9.98. The molecular weight excluding hydrogens is 406 g/mol. The Balaban J connectivity index is 1.78. The van der Waals surface area contributed by atoms with Gasteiger partial charge in [-0.2, -0.15) is 0 Å². The second-order valence-electron chi connectivity index (χ2n) is 9.98. The molecule has 1 unspecified atom stereocenters. The van der Waals surface area contributed by atoms with E-state index in [1.807, 2.05) is 65.0 Å². The number of carbonyl (C=O) groups is 3. The number of hydrogen-bond acceptors (Lipinski definition) is 4. The van der Waals surface area contributed by atoms with Crippen LogP contribution in [0.3, 0.4) is 0 Å². The molecule has 0 aliphatic carbocycles. The van der Waals surface area contributed by atoms with Crippen molar-refractivity contribution in [2.75, 3.05) is 31.2 Å². The Kier molecular flexibility index (Phi) is 7.00. The Morgan fingerprint density at radius 3 is 2.31 bits per heavy atom. The molecule has 0 saturated carbocycles. The monoisotopic (exact) mass is 443 g/mol. The third-order valence-corrected chi connectivity index (χ3v) is 6.30. The van der Waals surface area contributed by atoms with Crippen LogP contribution in [0.4, 0.5) is 10.5 Å². The molecule has 1 spiro atoms. The summed E-state index contributed by atoms with van der Waals surface area (Å²) < 4.78 is 0. The molecule has 2 fully saturated rings. The van der Waals surface area contributed by atoms with Gasteiger partial charge < -0.3 is 25.3 Å².